The molecule has 2 nitrogen and oxygen atoms in total. The summed E-state index contributed by atoms with van der Waals surface area (Å²) >= 11 is 0. The van der Waals surface area contributed by atoms with Crippen molar-refractivity contribution in [2.24, 2.45) is 11.3 Å². The Balaban J connectivity index is 1.11. The Kier molecular flexibility index (Phi) is 11.7. The summed E-state index contributed by atoms with van der Waals surface area (Å²) in [4.78, 5) is 0. The molecule has 63 heavy (non-hydrogen) atoms. The molecule has 0 aliphatic heterocycles. The Labute approximate surface area is 375 Å². The fourth-order valence-electron chi connectivity index (χ4n) is 10.7. The monoisotopic (exact) mass is 848 g/mol. The molecule has 4 heteroatoms. The number of allylic oxidation sites excluding steroid dienone is 9. The maximum atomic E-state index is 7.85. The molecule has 0 saturated carbocycles. The highest BCUT2D eigenvalue weighted by Crippen LogP contribution is 2.57. The second-order valence-corrected chi connectivity index (χ2v) is 23.7. The lowest BCUT2D eigenvalue weighted by atomic mass is 9.61. The minimum absolute atomic E-state index is 0.113. The van der Waals surface area contributed by atoms with Crippen LogP contribution in [0.5, 0.6) is 0 Å². The van der Waals surface area contributed by atoms with Crippen molar-refractivity contribution in [1.82, 2.24) is 0 Å². The van der Waals surface area contributed by atoms with Crippen LogP contribution in [0.4, 0.5) is 0 Å². The van der Waals surface area contributed by atoms with E-state index in [1.165, 1.54) is 53.4 Å². The Hall–Kier alpha value is -6.41. The van der Waals surface area contributed by atoms with Gasteiger partial charge in [0.2, 0.25) is 0 Å². The third-order valence-corrected chi connectivity index (χ3v) is 21.8. The van der Waals surface area contributed by atoms with E-state index in [0.29, 0.717) is 13.2 Å². The van der Waals surface area contributed by atoms with Gasteiger partial charge in [-0.15, -0.1) is 0 Å². The highest BCUT2D eigenvalue weighted by molar-refractivity contribution is 7.07. The van der Waals surface area contributed by atoms with E-state index in [4.69, 9.17) is 8.85 Å². The fourth-order valence-corrected chi connectivity index (χ4v) is 18.5. The van der Waals surface area contributed by atoms with Gasteiger partial charge in [-0.3, -0.25) is 0 Å². The van der Waals surface area contributed by atoms with Crippen LogP contribution in [0.3, 0.4) is 0 Å². The summed E-state index contributed by atoms with van der Waals surface area (Å²) in [5.74, 6) is 0.289. The number of hydrogen-bond acceptors (Lipinski definition) is 2. The molecule has 10 rings (SSSR count). The molecule has 7 aromatic carbocycles. The van der Waals surface area contributed by atoms with E-state index in [9.17, 15) is 0 Å². The normalized spacial score (nSPS) is 16.6. The van der Waals surface area contributed by atoms with Crippen LogP contribution in [0.25, 0.3) is 6.08 Å². The van der Waals surface area contributed by atoms with E-state index >= 15 is 0 Å². The van der Waals surface area contributed by atoms with Gasteiger partial charge in [0.25, 0.3) is 16.6 Å². The first kappa shape index (κ1) is 40.7. The quantitative estimate of drug-likeness (QED) is 0.0713. The van der Waals surface area contributed by atoms with E-state index in [1.807, 2.05) is 0 Å². The van der Waals surface area contributed by atoms with Crippen molar-refractivity contribution >= 4 is 53.8 Å². The van der Waals surface area contributed by atoms with Crippen LogP contribution in [-0.2, 0) is 8.85 Å². The number of fused-ring (bicyclic) bond motifs is 2. The molecule has 3 aliphatic rings. The number of hydrogen-bond donors (Lipinski definition) is 0. The molecular weight excluding hydrogens is 797 g/mol. The van der Waals surface area contributed by atoms with Gasteiger partial charge in [-0.05, 0) is 60.7 Å². The SMILES string of the molecule is C1=CC2=CC=C(C(CCO[Si](c3ccccc3)(c3ccccc3)c3ccccc3)(CCO[Si](c3ccccc3)(c3ccccc3)c3ccccc3)C3C=Cc4ccccc43)C2C=C1. The molecule has 0 N–H and O–H groups in total. The van der Waals surface area contributed by atoms with Gasteiger partial charge in [0.05, 0.1) is 0 Å². The molecule has 2 unspecified atom stereocenters. The van der Waals surface area contributed by atoms with Crippen molar-refractivity contribution in [3.63, 3.8) is 0 Å². The van der Waals surface area contributed by atoms with Crippen LogP contribution in [-0.4, -0.2) is 29.8 Å². The number of rotatable bonds is 16. The van der Waals surface area contributed by atoms with E-state index in [0.717, 1.165) is 12.8 Å². The van der Waals surface area contributed by atoms with Crippen molar-refractivity contribution in [3.8, 4) is 0 Å². The van der Waals surface area contributed by atoms with Gasteiger partial charge in [0.15, 0.2) is 0 Å². The van der Waals surface area contributed by atoms with Crippen LogP contribution in [0.2, 0.25) is 0 Å². The van der Waals surface area contributed by atoms with Gasteiger partial charge >= 0.3 is 0 Å². The van der Waals surface area contributed by atoms with E-state index in [-0.39, 0.29) is 17.3 Å². The summed E-state index contributed by atoms with van der Waals surface area (Å²) in [6.07, 6.45) is 20.3. The van der Waals surface area contributed by atoms with Crippen LogP contribution in [0.15, 0.2) is 260 Å². The molecule has 2 atom stereocenters. The predicted molar refractivity (Wildman–Crippen MR) is 268 cm³/mol. The average Bonchev–Trinajstić information content (AvgIpc) is 4.01. The zero-order chi connectivity index (χ0) is 42.4. The van der Waals surface area contributed by atoms with Crippen molar-refractivity contribution in [3.05, 3.63) is 271 Å². The van der Waals surface area contributed by atoms with Gasteiger partial charge in [-0.2, -0.15) is 0 Å². The molecule has 0 amide bonds. The van der Waals surface area contributed by atoms with Crippen LogP contribution < -0.4 is 31.1 Å². The Morgan fingerprint density at radius 1 is 0.397 bits per heavy atom. The first-order chi connectivity index (χ1) is 31.2. The van der Waals surface area contributed by atoms with Crippen molar-refractivity contribution in [2.45, 2.75) is 18.8 Å². The Morgan fingerprint density at radius 2 is 0.794 bits per heavy atom. The molecule has 0 fully saturated rings. The molecule has 0 saturated heterocycles. The van der Waals surface area contributed by atoms with E-state index in [1.54, 1.807) is 0 Å². The molecule has 3 aliphatic carbocycles. The summed E-state index contributed by atoms with van der Waals surface area (Å²) in [5, 5.41) is 7.48. The van der Waals surface area contributed by atoms with Crippen LogP contribution in [0.1, 0.15) is 29.9 Å². The molecule has 0 heterocycles. The zero-order valence-electron chi connectivity index (χ0n) is 35.5. The van der Waals surface area contributed by atoms with Crippen molar-refractivity contribution in [1.29, 1.82) is 0 Å². The second-order valence-electron chi connectivity index (χ2n) is 16.9. The molecule has 7 aromatic rings. The Morgan fingerprint density at radius 3 is 1.22 bits per heavy atom. The van der Waals surface area contributed by atoms with Gasteiger partial charge in [-0.1, -0.05) is 260 Å². The molecule has 0 radical (unpaired) electrons. The second kappa shape index (κ2) is 18.1. The fraction of sp³-hybridized carbons (Fsp3) is 0.119. The average molecular weight is 849 g/mol. The Bertz CT molecular complexity index is 2450. The maximum absolute atomic E-state index is 7.85. The molecule has 0 bridgehead atoms. The first-order valence-electron chi connectivity index (χ1n) is 22.4. The van der Waals surface area contributed by atoms with Crippen molar-refractivity contribution in [2.75, 3.05) is 13.2 Å². The highest BCUT2D eigenvalue weighted by Gasteiger charge is 2.50. The summed E-state index contributed by atoms with van der Waals surface area (Å²) in [5.41, 5.74) is 5.09. The van der Waals surface area contributed by atoms with Gasteiger partial charge in [0, 0.05) is 30.5 Å². The minimum Gasteiger partial charge on any atom is -0.404 e. The summed E-state index contributed by atoms with van der Waals surface area (Å²) in [7, 11) is -6.00. The molecular formula is C59H52O2Si2. The lowest BCUT2D eigenvalue weighted by Gasteiger charge is -2.45. The third-order valence-electron chi connectivity index (χ3n) is 13.6. The van der Waals surface area contributed by atoms with Crippen LogP contribution >= 0.6 is 0 Å². The van der Waals surface area contributed by atoms with Gasteiger partial charge < -0.3 is 8.85 Å². The molecule has 0 spiro atoms. The number of benzene rings is 7. The molecule has 0 aromatic heterocycles. The lowest BCUT2D eigenvalue weighted by molar-refractivity contribution is 0.160. The van der Waals surface area contributed by atoms with E-state index in [2.05, 4.69) is 255 Å². The highest BCUT2D eigenvalue weighted by atomic mass is 28.4. The summed E-state index contributed by atoms with van der Waals surface area (Å²) < 4.78 is 15.7. The summed E-state index contributed by atoms with van der Waals surface area (Å²) in [6, 6.07) is 74.9. The van der Waals surface area contributed by atoms with Gasteiger partial charge in [0.1, 0.15) is 0 Å². The topological polar surface area (TPSA) is 18.5 Å². The molecule has 308 valence electrons. The third kappa shape index (κ3) is 7.53. The maximum Gasteiger partial charge on any atom is 0.288 e. The van der Waals surface area contributed by atoms with Gasteiger partial charge in [-0.25, -0.2) is 0 Å². The zero-order valence-corrected chi connectivity index (χ0v) is 37.5. The first-order valence-corrected chi connectivity index (χ1v) is 26.2. The minimum atomic E-state index is -3.00. The summed E-state index contributed by atoms with van der Waals surface area (Å²) in [6.45, 7) is 1.13. The van der Waals surface area contributed by atoms with Crippen molar-refractivity contribution < 1.29 is 8.85 Å². The smallest absolute Gasteiger partial charge is 0.288 e. The standard InChI is InChI=1S/C59H52O2Si2/c1-7-25-49(26-8-1)62(50-27-9-2-10-28-50,51-29-11-3-12-30-51)60-45-43-59(57-41-39-47-23-19-21-37-55(47)57,58-42-40-48-24-20-22-38-56(48)58)44-46-61-63(52-31-13-4-14-32-52,53-33-15-5-16-34-53)54-35-17-6-18-36-54/h1-42,55,58H,43-46H2. The lowest BCUT2D eigenvalue weighted by Crippen LogP contribution is -2.69. The predicted octanol–water partition coefficient (Wildman–Crippen LogP) is 9.54. The largest absolute Gasteiger partial charge is 0.404 e. The van der Waals surface area contributed by atoms with E-state index < -0.39 is 16.6 Å². The van der Waals surface area contributed by atoms with Crippen LogP contribution in [0, 0.1) is 11.3 Å².